The number of aliphatic carboxylic acids is 1. The zero-order chi connectivity index (χ0) is 13.8. The highest BCUT2D eigenvalue weighted by Crippen LogP contribution is 2.27. The number of hydrogen-bond donors (Lipinski definition) is 1. The first-order valence-electron chi connectivity index (χ1n) is 6.84. The first-order chi connectivity index (χ1) is 9.06. The van der Waals surface area contributed by atoms with Gasteiger partial charge in [0.2, 0.25) is 0 Å². The maximum Gasteiger partial charge on any atom is 0.328 e. The number of hydrogen-bond acceptors (Lipinski definition) is 2. The van der Waals surface area contributed by atoms with Crippen molar-refractivity contribution >= 4 is 17.7 Å². The molecule has 3 heteroatoms. The van der Waals surface area contributed by atoms with E-state index in [1.807, 2.05) is 12.1 Å². The number of piperidine rings is 1. The second-order valence-electron chi connectivity index (χ2n) is 5.44. The van der Waals surface area contributed by atoms with E-state index >= 15 is 0 Å². The predicted octanol–water partition coefficient (Wildman–Crippen LogP) is 3.41. The van der Waals surface area contributed by atoms with Gasteiger partial charge in [0.25, 0.3) is 0 Å². The largest absolute Gasteiger partial charge is 0.478 e. The van der Waals surface area contributed by atoms with Gasteiger partial charge in [-0.1, -0.05) is 19.1 Å². The van der Waals surface area contributed by atoms with Crippen molar-refractivity contribution in [3.05, 3.63) is 35.9 Å². The molecule has 1 saturated heterocycles. The Hall–Kier alpha value is -1.77. The number of benzene rings is 1. The Morgan fingerprint density at radius 1 is 1.32 bits per heavy atom. The predicted molar refractivity (Wildman–Crippen MR) is 78.3 cm³/mol. The molecule has 0 aromatic heterocycles. The van der Waals surface area contributed by atoms with Crippen LogP contribution in [-0.2, 0) is 4.79 Å². The van der Waals surface area contributed by atoms with Crippen LogP contribution >= 0.6 is 0 Å². The van der Waals surface area contributed by atoms with Crippen molar-refractivity contribution in [3.63, 3.8) is 0 Å². The van der Waals surface area contributed by atoms with Gasteiger partial charge in [-0.2, -0.15) is 0 Å². The van der Waals surface area contributed by atoms with Gasteiger partial charge in [0.05, 0.1) is 0 Å². The molecule has 2 rings (SSSR count). The normalized spacial score (nSPS) is 23.8. The van der Waals surface area contributed by atoms with Crippen LogP contribution in [0.2, 0.25) is 0 Å². The molecular formula is C16H21NO2. The summed E-state index contributed by atoms with van der Waals surface area (Å²) in [4.78, 5) is 12.9. The third-order valence-electron chi connectivity index (χ3n) is 3.78. The molecule has 0 radical (unpaired) electrons. The zero-order valence-corrected chi connectivity index (χ0v) is 11.5. The van der Waals surface area contributed by atoms with Crippen molar-refractivity contribution in [2.45, 2.75) is 32.7 Å². The summed E-state index contributed by atoms with van der Waals surface area (Å²) in [7, 11) is 0. The van der Waals surface area contributed by atoms with Gasteiger partial charge in [-0.05, 0) is 49.5 Å². The lowest BCUT2D eigenvalue weighted by atomic mass is 9.93. The molecule has 2 unspecified atom stereocenters. The van der Waals surface area contributed by atoms with Gasteiger partial charge in [0.1, 0.15) is 0 Å². The Bertz CT molecular complexity index is 464. The Kier molecular flexibility index (Phi) is 4.25. The van der Waals surface area contributed by atoms with E-state index in [4.69, 9.17) is 5.11 Å². The van der Waals surface area contributed by atoms with E-state index in [1.54, 1.807) is 6.08 Å². The summed E-state index contributed by atoms with van der Waals surface area (Å²) in [5.41, 5.74) is 2.15. The van der Waals surface area contributed by atoms with Crippen molar-refractivity contribution in [2.24, 2.45) is 5.92 Å². The topological polar surface area (TPSA) is 40.5 Å². The third kappa shape index (κ3) is 3.60. The summed E-state index contributed by atoms with van der Waals surface area (Å²) in [6.07, 6.45) is 5.26. The molecule has 1 aliphatic rings. The number of carboxylic acids is 1. The van der Waals surface area contributed by atoms with E-state index in [-0.39, 0.29) is 0 Å². The molecule has 1 aliphatic heterocycles. The van der Waals surface area contributed by atoms with Gasteiger partial charge in [-0.25, -0.2) is 4.79 Å². The Morgan fingerprint density at radius 3 is 2.58 bits per heavy atom. The molecule has 1 fully saturated rings. The average Bonchev–Trinajstić information content (AvgIpc) is 2.37. The number of nitrogens with zero attached hydrogens (tertiary/aromatic N) is 1. The van der Waals surface area contributed by atoms with E-state index in [9.17, 15) is 4.79 Å². The van der Waals surface area contributed by atoms with Crippen LogP contribution in [0.1, 0.15) is 32.3 Å². The summed E-state index contributed by atoms with van der Waals surface area (Å²) in [5, 5.41) is 8.60. The molecule has 102 valence electrons. The van der Waals surface area contributed by atoms with Gasteiger partial charge >= 0.3 is 5.97 Å². The SMILES string of the molecule is CC1CCN(c2ccc(/C=C/C(=O)O)cc2)C(C)C1. The van der Waals surface area contributed by atoms with Crippen molar-refractivity contribution in [1.29, 1.82) is 0 Å². The van der Waals surface area contributed by atoms with E-state index in [2.05, 4.69) is 30.9 Å². The Labute approximate surface area is 114 Å². The minimum atomic E-state index is -0.914. The number of rotatable bonds is 3. The van der Waals surface area contributed by atoms with Gasteiger partial charge < -0.3 is 10.0 Å². The highest BCUT2D eigenvalue weighted by molar-refractivity contribution is 5.85. The van der Waals surface area contributed by atoms with Gasteiger partial charge in [0.15, 0.2) is 0 Å². The smallest absolute Gasteiger partial charge is 0.328 e. The molecule has 1 heterocycles. The van der Waals surface area contributed by atoms with E-state index in [1.165, 1.54) is 24.6 Å². The Balaban J connectivity index is 2.08. The number of carboxylic acid groups (broad SMARTS) is 1. The minimum Gasteiger partial charge on any atom is -0.478 e. The van der Waals surface area contributed by atoms with Crippen LogP contribution in [-0.4, -0.2) is 23.7 Å². The summed E-state index contributed by atoms with van der Waals surface area (Å²) in [6, 6.07) is 8.67. The maximum atomic E-state index is 10.5. The van der Waals surface area contributed by atoms with E-state index in [0.717, 1.165) is 18.0 Å². The fourth-order valence-corrected chi connectivity index (χ4v) is 2.74. The molecular weight excluding hydrogens is 238 g/mol. The average molecular weight is 259 g/mol. The van der Waals surface area contributed by atoms with Crippen molar-refractivity contribution in [3.8, 4) is 0 Å². The summed E-state index contributed by atoms with van der Waals surface area (Å²) in [6.45, 7) is 5.69. The molecule has 0 amide bonds. The quantitative estimate of drug-likeness (QED) is 0.846. The van der Waals surface area contributed by atoms with Crippen LogP contribution in [0.5, 0.6) is 0 Å². The molecule has 19 heavy (non-hydrogen) atoms. The van der Waals surface area contributed by atoms with Crippen LogP contribution < -0.4 is 4.90 Å². The monoisotopic (exact) mass is 259 g/mol. The van der Waals surface area contributed by atoms with Crippen LogP contribution in [0.4, 0.5) is 5.69 Å². The standard InChI is InChI=1S/C16H21NO2/c1-12-9-10-17(13(2)11-12)15-6-3-14(4-7-15)5-8-16(18)19/h3-8,12-13H,9-11H2,1-2H3,(H,18,19)/b8-5+. The fourth-order valence-electron chi connectivity index (χ4n) is 2.74. The van der Waals surface area contributed by atoms with Crippen LogP contribution in [0.3, 0.4) is 0 Å². The fraction of sp³-hybridized carbons (Fsp3) is 0.438. The molecule has 2 atom stereocenters. The molecule has 0 aliphatic carbocycles. The molecule has 0 saturated carbocycles. The van der Waals surface area contributed by atoms with Gasteiger partial charge in [-0.15, -0.1) is 0 Å². The van der Waals surface area contributed by atoms with Crippen LogP contribution in [0, 0.1) is 5.92 Å². The second-order valence-corrected chi connectivity index (χ2v) is 5.44. The van der Waals surface area contributed by atoms with E-state index in [0.29, 0.717) is 6.04 Å². The van der Waals surface area contributed by atoms with Gasteiger partial charge in [-0.3, -0.25) is 0 Å². The molecule has 0 bridgehead atoms. The van der Waals surface area contributed by atoms with E-state index < -0.39 is 5.97 Å². The second kappa shape index (κ2) is 5.91. The van der Waals surface area contributed by atoms with Crippen LogP contribution in [0.25, 0.3) is 6.08 Å². The summed E-state index contributed by atoms with van der Waals surface area (Å²) < 4.78 is 0. The van der Waals surface area contributed by atoms with Crippen molar-refractivity contribution in [2.75, 3.05) is 11.4 Å². The lowest BCUT2D eigenvalue weighted by Crippen LogP contribution is -2.40. The number of anilines is 1. The maximum absolute atomic E-state index is 10.5. The summed E-state index contributed by atoms with van der Waals surface area (Å²) in [5.74, 6) is -0.105. The number of carbonyl (C=O) groups is 1. The molecule has 3 nitrogen and oxygen atoms in total. The zero-order valence-electron chi connectivity index (χ0n) is 11.5. The molecule has 0 spiro atoms. The highest BCUT2D eigenvalue weighted by atomic mass is 16.4. The lowest BCUT2D eigenvalue weighted by molar-refractivity contribution is -0.131. The molecule has 1 aromatic rings. The minimum absolute atomic E-state index is 0.573. The summed E-state index contributed by atoms with van der Waals surface area (Å²) >= 11 is 0. The molecule has 1 N–H and O–H groups in total. The highest BCUT2D eigenvalue weighted by Gasteiger charge is 2.22. The first-order valence-corrected chi connectivity index (χ1v) is 6.84. The van der Waals surface area contributed by atoms with Crippen LogP contribution in [0.15, 0.2) is 30.3 Å². The third-order valence-corrected chi connectivity index (χ3v) is 3.78. The van der Waals surface area contributed by atoms with Crippen molar-refractivity contribution in [1.82, 2.24) is 0 Å². The molecule has 1 aromatic carbocycles. The Morgan fingerprint density at radius 2 is 2.00 bits per heavy atom. The van der Waals surface area contributed by atoms with Crippen molar-refractivity contribution < 1.29 is 9.90 Å². The lowest BCUT2D eigenvalue weighted by Gasteiger charge is -2.38. The first kappa shape index (κ1) is 13.7. The van der Waals surface area contributed by atoms with Gasteiger partial charge in [0, 0.05) is 24.4 Å².